The number of aliphatic carboxylic acids is 1. The second-order valence-corrected chi connectivity index (χ2v) is 4.57. The van der Waals surface area contributed by atoms with Gasteiger partial charge in [0.2, 0.25) is 5.91 Å². The Labute approximate surface area is 102 Å². The fraction of sp³-hybridized carbons (Fsp3) is 0.833. The fourth-order valence-corrected chi connectivity index (χ4v) is 2.20. The first-order valence-corrected chi connectivity index (χ1v) is 6.15. The normalized spacial score (nSPS) is 18.6. The Hall–Kier alpha value is -1.10. The van der Waals surface area contributed by atoms with Crippen LogP contribution in [0.3, 0.4) is 0 Å². The zero-order valence-corrected chi connectivity index (χ0v) is 10.3. The van der Waals surface area contributed by atoms with Crippen LogP contribution in [-0.2, 0) is 14.3 Å². The van der Waals surface area contributed by atoms with Crippen molar-refractivity contribution in [3.05, 3.63) is 0 Å². The van der Waals surface area contributed by atoms with Crippen LogP contribution in [0.5, 0.6) is 0 Å². The van der Waals surface area contributed by atoms with Crippen molar-refractivity contribution in [1.29, 1.82) is 0 Å². The van der Waals surface area contributed by atoms with Gasteiger partial charge in [-0.2, -0.15) is 0 Å². The number of ether oxygens (including phenoxy) is 1. The van der Waals surface area contributed by atoms with Gasteiger partial charge >= 0.3 is 5.97 Å². The molecule has 17 heavy (non-hydrogen) atoms. The quantitative estimate of drug-likeness (QED) is 0.734. The van der Waals surface area contributed by atoms with E-state index in [0.717, 1.165) is 12.8 Å². The minimum absolute atomic E-state index is 0.0391. The molecule has 0 heterocycles. The smallest absolute Gasteiger partial charge is 0.334 e. The summed E-state index contributed by atoms with van der Waals surface area (Å²) >= 11 is 0. The van der Waals surface area contributed by atoms with Gasteiger partial charge < -0.3 is 15.2 Å². The molecule has 1 aliphatic carbocycles. The van der Waals surface area contributed by atoms with Crippen LogP contribution in [0.25, 0.3) is 0 Å². The van der Waals surface area contributed by atoms with Gasteiger partial charge in [0.15, 0.2) is 6.10 Å². The highest BCUT2D eigenvalue weighted by Gasteiger charge is 2.20. The molecule has 0 radical (unpaired) electrons. The predicted octanol–water partition coefficient (Wildman–Crippen LogP) is 1.17. The molecule has 1 amide bonds. The molecule has 0 bridgehead atoms. The van der Waals surface area contributed by atoms with Crippen LogP contribution in [-0.4, -0.2) is 36.7 Å². The summed E-state index contributed by atoms with van der Waals surface area (Å²) in [5, 5.41) is 11.3. The third-order valence-electron chi connectivity index (χ3n) is 3.24. The van der Waals surface area contributed by atoms with E-state index in [1.165, 1.54) is 26.4 Å². The second kappa shape index (κ2) is 7.27. The summed E-state index contributed by atoms with van der Waals surface area (Å²) in [6, 6.07) is 0. The molecule has 1 aliphatic rings. The van der Waals surface area contributed by atoms with Crippen LogP contribution in [0.1, 0.15) is 38.5 Å². The molecule has 0 aromatic rings. The summed E-state index contributed by atoms with van der Waals surface area (Å²) < 4.78 is 4.74. The Morgan fingerprint density at radius 2 is 2.00 bits per heavy atom. The van der Waals surface area contributed by atoms with Crippen molar-refractivity contribution in [2.45, 2.75) is 44.6 Å². The van der Waals surface area contributed by atoms with E-state index in [1.807, 2.05) is 0 Å². The number of nitrogens with one attached hydrogen (secondary N) is 1. The Balaban J connectivity index is 2.21. The molecular weight excluding hydrogens is 222 g/mol. The average molecular weight is 243 g/mol. The minimum atomic E-state index is -1.05. The topological polar surface area (TPSA) is 75.6 Å². The fourth-order valence-electron chi connectivity index (χ4n) is 2.20. The second-order valence-electron chi connectivity index (χ2n) is 4.57. The highest BCUT2D eigenvalue weighted by molar-refractivity contribution is 5.78. The number of hydrogen-bond donors (Lipinski definition) is 2. The van der Waals surface area contributed by atoms with E-state index in [9.17, 15) is 9.59 Å². The van der Waals surface area contributed by atoms with Gasteiger partial charge in [0, 0.05) is 13.5 Å². The first-order valence-electron chi connectivity index (χ1n) is 6.15. The first kappa shape index (κ1) is 14.0. The Morgan fingerprint density at radius 1 is 1.35 bits per heavy atom. The summed E-state index contributed by atoms with van der Waals surface area (Å²) in [6.45, 7) is 0.0391. The summed E-state index contributed by atoms with van der Waals surface area (Å²) in [7, 11) is 1.33. The van der Waals surface area contributed by atoms with Crippen molar-refractivity contribution in [2.24, 2.45) is 5.92 Å². The maximum Gasteiger partial charge on any atom is 0.334 e. The molecular formula is C12H21NO4. The number of methoxy groups -OCH3 is 1. The molecule has 1 atom stereocenters. The number of carbonyl (C=O) groups is 2. The maximum atomic E-state index is 11.6. The van der Waals surface area contributed by atoms with Crippen molar-refractivity contribution >= 4 is 11.9 Å². The van der Waals surface area contributed by atoms with Crippen molar-refractivity contribution in [3.63, 3.8) is 0 Å². The summed E-state index contributed by atoms with van der Waals surface area (Å²) in [6.07, 6.45) is 5.45. The van der Waals surface area contributed by atoms with E-state index in [4.69, 9.17) is 9.84 Å². The lowest BCUT2D eigenvalue weighted by molar-refractivity contribution is -0.148. The van der Waals surface area contributed by atoms with Gasteiger partial charge in [-0.15, -0.1) is 0 Å². The third-order valence-corrected chi connectivity index (χ3v) is 3.24. The standard InChI is InChI=1S/C12H21NO4/c1-17-10(12(15)16)8-13-11(14)7-9-5-3-2-4-6-9/h9-10H,2-8H2,1H3,(H,13,14)(H,15,16). The van der Waals surface area contributed by atoms with Crippen molar-refractivity contribution in [2.75, 3.05) is 13.7 Å². The van der Waals surface area contributed by atoms with Gasteiger partial charge in [0.05, 0.1) is 6.54 Å². The molecule has 0 saturated heterocycles. The number of rotatable bonds is 6. The van der Waals surface area contributed by atoms with Crippen LogP contribution in [0.15, 0.2) is 0 Å². The third kappa shape index (κ3) is 5.17. The molecule has 0 aromatic heterocycles. The van der Waals surface area contributed by atoms with Crippen LogP contribution < -0.4 is 5.32 Å². The molecule has 1 rings (SSSR count). The minimum Gasteiger partial charge on any atom is -0.479 e. The van der Waals surface area contributed by atoms with Crippen LogP contribution in [0, 0.1) is 5.92 Å². The number of hydrogen-bond acceptors (Lipinski definition) is 3. The number of carboxylic acids is 1. The van der Waals surface area contributed by atoms with Crippen LogP contribution in [0.4, 0.5) is 0 Å². The van der Waals surface area contributed by atoms with Crippen LogP contribution in [0.2, 0.25) is 0 Å². The molecule has 0 aliphatic heterocycles. The van der Waals surface area contributed by atoms with E-state index >= 15 is 0 Å². The first-order chi connectivity index (χ1) is 8.13. The zero-order valence-electron chi connectivity index (χ0n) is 10.3. The van der Waals surface area contributed by atoms with E-state index in [-0.39, 0.29) is 12.5 Å². The van der Waals surface area contributed by atoms with Crippen molar-refractivity contribution in [1.82, 2.24) is 5.32 Å². The zero-order chi connectivity index (χ0) is 12.7. The van der Waals surface area contributed by atoms with Crippen molar-refractivity contribution in [3.8, 4) is 0 Å². The lowest BCUT2D eigenvalue weighted by Gasteiger charge is -2.21. The van der Waals surface area contributed by atoms with Gasteiger partial charge in [-0.05, 0) is 18.8 Å². The number of carboxylic acid groups (broad SMARTS) is 1. The molecule has 2 N–H and O–H groups in total. The highest BCUT2D eigenvalue weighted by Crippen LogP contribution is 2.25. The van der Waals surface area contributed by atoms with Gasteiger partial charge in [0.1, 0.15) is 0 Å². The van der Waals surface area contributed by atoms with E-state index in [0.29, 0.717) is 12.3 Å². The van der Waals surface area contributed by atoms with Gasteiger partial charge in [-0.1, -0.05) is 19.3 Å². The summed E-state index contributed by atoms with van der Waals surface area (Å²) in [5.41, 5.74) is 0. The van der Waals surface area contributed by atoms with Gasteiger partial charge in [-0.25, -0.2) is 4.79 Å². The molecule has 0 aromatic carbocycles. The lowest BCUT2D eigenvalue weighted by atomic mass is 9.87. The van der Waals surface area contributed by atoms with E-state index in [2.05, 4.69) is 5.32 Å². The summed E-state index contributed by atoms with van der Waals surface area (Å²) in [5.74, 6) is -0.653. The summed E-state index contributed by atoms with van der Waals surface area (Å²) in [4.78, 5) is 22.3. The maximum absolute atomic E-state index is 11.6. The van der Waals surface area contributed by atoms with Crippen LogP contribution >= 0.6 is 0 Å². The average Bonchev–Trinajstić information content (AvgIpc) is 2.30. The van der Waals surface area contributed by atoms with Gasteiger partial charge in [0.25, 0.3) is 0 Å². The van der Waals surface area contributed by atoms with E-state index < -0.39 is 12.1 Å². The SMILES string of the molecule is COC(CNC(=O)CC1CCCCC1)C(=O)O. The number of amides is 1. The van der Waals surface area contributed by atoms with Gasteiger partial charge in [-0.3, -0.25) is 4.79 Å². The molecule has 5 heteroatoms. The molecule has 1 unspecified atom stereocenters. The highest BCUT2D eigenvalue weighted by atomic mass is 16.5. The molecule has 1 fully saturated rings. The monoisotopic (exact) mass is 243 g/mol. The molecule has 1 saturated carbocycles. The van der Waals surface area contributed by atoms with Crippen molar-refractivity contribution < 1.29 is 19.4 Å². The Kier molecular flexibility index (Phi) is 5.97. The molecule has 0 spiro atoms. The molecule has 5 nitrogen and oxygen atoms in total. The predicted molar refractivity (Wildman–Crippen MR) is 62.6 cm³/mol. The largest absolute Gasteiger partial charge is 0.479 e. The van der Waals surface area contributed by atoms with E-state index in [1.54, 1.807) is 0 Å². The lowest BCUT2D eigenvalue weighted by Crippen LogP contribution is -2.38. The molecule has 98 valence electrons. The Bertz CT molecular complexity index is 261. The Morgan fingerprint density at radius 3 is 2.53 bits per heavy atom. The number of carbonyl (C=O) groups excluding carboxylic acids is 1.